The molecule has 2 aromatic carbocycles. The van der Waals surface area contributed by atoms with E-state index in [2.05, 4.69) is 32.2 Å². The minimum atomic E-state index is -0.366. The lowest BCUT2D eigenvalue weighted by molar-refractivity contribution is -0.123. The molecule has 1 aromatic heterocycles. The van der Waals surface area contributed by atoms with Crippen LogP contribution in [0.25, 0.3) is 5.69 Å². The number of nitrogens with one attached hydrogen (secondary N) is 1. The van der Waals surface area contributed by atoms with Gasteiger partial charge in [-0.25, -0.2) is 9.07 Å². The lowest BCUT2D eigenvalue weighted by Gasteiger charge is -2.25. The summed E-state index contributed by atoms with van der Waals surface area (Å²) in [6, 6.07) is 12.9. The number of carbonyl (C=O) groups is 2. The Bertz CT molecular complexity index is 1370. The van der Waals surface area contributed by atoms with Crippen LogP contribution in [0.1, 0.15) is 66.8 Å². The van der Waals surface area contributed by atoms with Crippen molar-refractivity contribution in [3.8, 4) is 5.69 Å². The molecule has 0 bridgehead atoms. The van der Waals surface area contributed by atoms with E-state index in [1.165, 1.54) is 23.9 Å². The largest absolute Gasteiger partial charge is 0.352 e. The molecule has 2 aliphatic rings. The number of rotatable bonds is 5. The zero-order valence-corrected chi connectivity index (χ0v) is 22.8. The van der Waals surface area contributed by atoms with Crippen LogP contribution in [-0.4, -0.2) is 39.9 Å². The smallest absolute Gasteiger partial charge is 0.240 e. The molecule has 2 heterocycles. The summed E-state index contributed by atoms with van der Waals surface area (Å²) in [5.74, 6) is 0.0921. The van der Waals surface area contributed by atoms with E-state index in [9.17, 15) is 14.0 Å². The monoisotopic (exact) mass is 520 g/mol. The highest BCUT2D eigenvalue weighted by molar-refractivity contribution is 8.00. The Labute approximate surface area is 221 Å². The molecule has 0 spiro atoms. The van der Waals surface area contributed by atoms with Crippen molar-refractivity contribution in [2.75, 3.05) is 17.2 Å². The number of anilines is 1. The molecule has 2 amide bonds. The number of carbonyl (C=O) groups excluding carboxylic acids is 2. The van der Waals surface area contributed by atoms with Crippen LogP contribution in [0.2, 0.25) is 0 Å². The third kappa shape index (κ3) is 5.17. The molecular formula is C29H33FN4O2S. The number of hydrogen-bond donors (Lipinski definition) is 1. The fourth-order valence-electron chi connectivity index (χ4n) is 4.86. The second-order valence-electron chi connectivity index (χ2n) is 11.1. The van der Waals surface area contributed by atoms with Gasteiger partial charge in [0, 0.05) is 17.0 Å². The van der Waals surface area contributed by atoms with E-state index in [0.717, 1.165) is 46.5 Å². The van der Waals surface area contributed by atoms with Gasteiger partial charge in [0.25, 0.3) is 0 Å². The van der Waals surface area contributed by atoms with Gasteiger partial charge in [0.05, 0.1) is 22.4 Å². The van der Waals surface area contributed by atoms with E-state index >= 15 is 0 Å². The predicted molar refractivity (Wildman–Crippen MR) is 146 cm³/mol. The first kappa shape index (κ1) is 25.5. The summed E-state index contributed by atoms with van der Waals surface area (Å²) in [7, 11) is 0. The Morgan fingerprint density at radius 1 is 1.16 bits per heavy atom. The number of halogens is 1. The molecule has 1 fully saturated rings. The number of fused-ring (bicyclic) bond motifs is 1. The van der Waals surface area contributed by atoms with Crippen molar-refractivity contribution in [3.63, 3.8) is 0 Å². The van der Waals surface area contributed by atoms with E-state index in [-0.39, 0.29) is 46.6 Å². The maximum atomic E-state index is 14.4. The predicted octanol–water partition coefficient (Wildman–Crippen LogP) is 5.37. The van der Waals surface area contributed by atoms with Crippen LogP contribution in [0.5, 0.6) is 0 Å². The SMILES string of the molecule is Cc1ccc(-n2nc(C(C)(C)C)c3c2N(CC(=O)NC2CC2)C(=O)CSC3c2cccc(F)c2)c(C)c1. The summed E-state index contributed by atoms with van der Waals surface area (Å²) in [6.45, 7) is 10.2. The van der Waals surface area contributed by atoms with Gasteiger partial charge in [0.1, 0.15) is 18.2 Å². The first-order chi connectivity index (χ1) is 17.5. The van der Waals surface area contributed by atoms with Crippen molar-refractivity contribution in [1.82, 2.24) is 15.1 Å². The minimum absolute atomic E-state index is 0.0844. The Morgan fingerprint density at radius 2 is 1.92 bits per heavy atom. The van der Waals surface area contributed by atoms with E-state index < -0.39 is 0 Å². The zero-order chi connectivity index (χ0) is 26.5. The fraction of sp³-hybridized carbons (Fsp3) is 0.414. The maximum Gasteiger partial charge on any atom is 0.240 e. The van der Waals surface area contributed by atoms with Crippen molar-refractivity contribution in [2.45, 2.75) is 64.2 Å². The lowest BCUT2D eigenvalue weighted by atomic mass is 9.87. The van der Waals surface area contributed by atoms with Crippen LogP contribution in [0.15, 0.2) is 42.5 Å². The summed E-state index contributed by atoms with van der Waals surface area (Å²) >= 11 is 1.46. The van der Waals surface area contributed by atoms with Gasteiger partial charge in [-0.1, -0.05) is 50.6 Å². The van der Waals surface area contributed by atoms with Gasteiger partial charge in [0.15, 0.2) is 0 Å². The topological polar surface area (TPSA) is 67.2 Å². The number of benzene rings is 2. The molecule has 8 heteroatoms. The number of aryl methyl sites for hydroxylation is 2. The van der Waals surface area contributed by atoms with E-state index in [4.69, 9.17) is 5.10 Å². The van der Waals surface area contributed by atoms with Crippen LogP contribution >= 0.6 is 11.8 Å². The van der Waals surface area contributed by atoms with Gasteiger partial charge in [-0.05, 0) is 56.0 Å². The molecule has 1 aliphatic heterocycles. The Morgan fingerprint density at radius 3 is 2.57 bits per heavy atom. The third-order valence-electron chi connectivity index (χ3n) is 6.78. The zero-order valence-electron chi connectivity index (χ0n) is 22.0. The average molecular weight is 521 g/mol. The molecule has 1 aliphatic carbocycles. The standard InChI is InChI=1S/C29H33FN4O2S/c1-17-9-12-22(18(2)13-17)34-28-25(27(32-34)29(3,4)5)26(19-7-6-8-20(30)14-19)37-16-24(36)33(28)15-23(35)31-21-10-11-21/h6-9,12-14,21,26H,10-11,15-16H2,1-5H3,(H,31,35). The third-order valence-corrected chi connectivity index (χ3v) is 8.03. The van der Waals surface area contributed by atoms with Gasteiger partial charge in [0.2, 0.25) is 11.8 Å². The van der Waals surface area contributed by atoms with Crippen molar-refractivity contribution >= 4 is 29.4 Å². The first-order valence-corrected chi connectivity index (χ1v) is 13.8. The molecule has 6 nitrogen and oxygen atoms in total. The maximum absolute atomic E-state index is 14.4. The van der Waals surface area contributed by atoms with Crippen LogP contribution in [-0.2, 0) is 15.0 Å². The van der Waals surface area contributed by atoms with E-state index in [1.807, 2.05) is 36.7 Å². The summed E-state index contributed by atoms with van der Waals surface area (Å²) in [4.78, 5) is 28.2. The molecule has 3 aromatic rings. The number of nitrogens with zero attached hydrogens (tertiary/aromatic N) is 3. The number of thioether (sulfide) groups is 1. The molecule has 1 unspecified atom stereocenters. The highest BCUT2D eigenvalue weighted by Crippen LogP contribution is 2.48. The van der Waals surface area contributed by atoms with Crippen molar-refractivity contribution < 1.29 is 14.0 Å². The van der Waals surface area contributed by atoms with E-state index in [1.54, 1.807) is 11.0 Å². The van der Waals surface area contributed by atoms with Gasteiger partial charge >= 0.3 is 0 Å². The molecule has 5 rings (SSSR count). The number of amides is 2. The van der Waals surface area contributed by atoms with Gasteiger partial charge in [-0.15, -0.1) is 11.8 Å². The molecule has 0 radical (unpaired) electrons. The van der Waals surface area contributed by atoms with Crippen molar-refractivity contribution in [3.05, 3.63) is 76.2 Å². The summed E-state index contributed by atoms with van der Waals surface area (Å²) in [6.07, 6.45) is 1.94. The highest BCUT2D eigenvalue weighted by Gasteiger charge is 2.40. The molecule has 194 valence electrons. The highest BCUT2D eigenvalue weighted by atomic mass is 32.2. The molecule has 0 saturated heterocycles. The Kier molecular flexibility index (Phi) is 6.64. The van der Waals surface area contributed by atoms with Gasteiger partial charge in [-0.2, -0.15) is 5.10 Å². The molecule has 37 heavy (non-hydrogen) atoms. The average Bonchev–Trinajstić information content (AvgIpc) is 3.56. The quantitative estimate of drug-likeness (QED) is 0.491. The minimum Gasteiger partial charge on any atom is -0.352 e. The number of hydrogen-bond acceptors (Lipinski definition) is 4. The van der Waals surface area contributed by atoms with Crippen LogP contribution in [0.4, 0.5) is 10.2 Å². The second kappa shape index (κ2) is 9.63. The van der Waals surface area contributed by atoms with Gasteiger partial charge in [-0.3, -0.25) is 14.5 Å². The van der Waals surface area contributed by atoms with Crippen LogP contribution < -0.4 is 10.2 Å². The fourth-order valence-corrected chi connectivity index (χ4v) is 6.05. The molecule has 1 N–H and O–H groups in total. The van der Waals surface area contributed by atoms with Crippen molar-refractivity contribution in [2.24, 2.45) is 0 Å². The van der Waals surface area contributed by atoms with Gasteiger partial charge < -0.3 is 5.32 Å². The Hall–Kier alpha value is -3.13. The lowest BCUT2D eigenvalue weighted by Crippen LogP contribution is -2.43. The second-order valence-corrected chi connectivity index (χ2v) is 12.2. The van der Waals surface area contributed by atoms with E-state index in [0.29, 0.717) is 5.82 Å². The van der Waals surface area contributed by atoms with Crippen molar-refractivity contribution in [1.29, 1.82) is 0 Å². The van der Waals surface area contributed by atoms with Crippen LogP contribution in [0, 0.1) is 19.7 Å². The first-order valence-electron chi connectivity index (χ1n) is 12.7. The summed E-state index contributed by atoms with van der Waals surface area (Å²) < 4.78 is 16.2. The molecule has 1 atom stereocenters. The normalized spacial score (nSPS) is 17.9. The summed E-state index contributed by atoms with van der Waals surface area (Å²) in [5.41, 5.74) is 5.08. The Balaban J connectivity index is 1.77. The van der Waals surface area contributed by atoms with Crippen LogP contribution in [0.3, 0.4) is 0 Å². The molecule has 1 saturated carbocycles. The number of aromatic nitrogens is 2. The molecular weight excluding hydrogens is 487 g/mol. The summed E-state index contributed by atoms with van der Waals surface area (Å²) in [5, 5.41) is 7.81.